The van der Waals surface area contributed by atoms with Crippen LogP contribution >= 0.6 is 11.3 Å². The number of aryl methyl sites for hydroxylation is 1. The molecule has 1 heterocycles. The van der Waals surface area contributed by atoms with Crippen molar-refractivity contribution in [3.8, 4) is 11.5 Å². The van der Waals surface area contributed by atoms with Gasteiger partial charge in [-0.2, -0.15) is 8.42 Å². The molecule has 3 aromatic rings. The molecule has 34 heavy (non-hydrogen) atoms. The molecule has 0 fully saturated rings. The summed E-state index contributed by atoms with van der Waals surface area (Å²) in [4.78, 5) is 19.5. The van der Waals surface area contributed by atoms with Crippen molar-refractivity contribution in [3.63, 3.8) is 0 Å². The minimum Gasteiger partial charge on any atom is -0.496 e. The Labute approximate surface area is 203 Å². The van der Waals surface area contributed by atoms with Gasteiger partial charge in [0, 0.05) is 23.1 Å². The first-order valence-electron chi connectivity index (χ1n) is 10.6. The van der Waals surface area contributed by atoms with Gasteiger partial charge in [-0.05, 0) is 37.5 Å². The van der Waals surface area contributed by atoms with Gasteiger partial charge in [-0.25, -0.2) is 4.98 Å². The van der Waals surface area contributed by atoms with E-state index in [-0.39, 0.29) is 18.1 Å². The molecule has 0 unspecified atom stereocenters. The SMILES string of the molecule is COc1cc(C(=O)N(CCCc2ccccc2)Cc2nc(CS(=O)(=O)O)cs2)cc(OC)c1C. The Bertz CT molecular complexity index is 1200. The van der Waals surface area contributed by atoms with E-state index in [1.165, 1.54) is 16.9 Å². The average Bonchev–Trinajstić information content (AvgIpc) is 3.23. The maximum absolute atomic E-state index is 13.5. The molecule has 8 nitrogen and oxygen atoms in total. The number of carbonyl (C=O) groups excluding carboxylic acids is 1. The Hall–Kier alpha value is -2.95. The zero-order valence-corrected chi connectivity index (χ0v) is 21.0. The van der Waals surface area contributed by atoms with Crippen molar-refractivity contribution >= 4 is 27.4 Å². The molecule has 2 aromatic carbocycles. The van der Waals surface area contributed by atoms with E-state index in [1.54, 1.807) is 36.6 Å². The number of nitrogens with zero attached hydrogens (tertiary/aromatic N) is 2. The second-order valence-electron chi connectivity index (χ2n) is 7.78. The first-order valence-corrected chi connectivity index (χ1v) is 13.1. The zero-order valence-electron chi connectivity index (χ0n) is 19.4. The Balaban J connectivity index is 1.84. The van der Waals surface area contributed by atoms with Gasteiger partial charge in [0.1, 0.15) is 22.3 Å². The molecular formula is C24H28N2O6S2. The monoisotopic (exact) mass is 504 g/mol. The minimum atomic E-state index is -4.18. The van der Waals surface area contributed by atoms with E-state index in [9.17, 15) is 13.2 Å². The average molecular weight is 505 g/mol. The lowest BCUT2D eigenvalue weighted by molar-refractivity contribution is 0.0740. The van der Waals surface area contributed by atoms with E-state index in [2.05, 4.69) is 4.98 Å². The van der Waals surface area contributed by atoms with Gasteiger partial charge in [-0.15, -0.1) is 11.3 Å². The molecule has 0 aliphatic heterocycles. The Morgan fingerprint density at radius 1 is 1.12 bits per heavy atom. The molecule has 0 aliphatic carbocycles. The fourth-order valence-corrected chi connectivity index (χ4v) is 5.04. The maximum Gasteiger partial charge on any atom is 0.270 e. The largest absolute Gasteiger partial charge is 0.496 e. The molecule has 1 N–H and O–H groups in total. The molecule has 0 saturated carbocycles. The van der Waals surface area contributed by atoms with Crippen LogP contribution in [0.5, 0.6) is 11.5 Å². The van der Waals surface area contributed by atoms with E-state index in [1.807, 2.05) is 37.3 Å². The van der Waals surface area contributed by atoms with Crippen molar-refractivity contribution in [2.24, 2.45) is 0 Å². The Morgan fingerprint density at radius 3 is 2.35 bits per heavy atom. The molecule has 10 heteroatoms. The van der Waals surface area contributed by atoms with Crippen LogP contribution in [0.4, 0.5) is 0 Å². The van der Waals surface area contributed by atoms with Crippen molar-refractivity contribution in [1.82, 2.24) is 9.88 Å². The maximum atomic E-state index is 13.5. The van der Waals surface area contributed by atoms with E-state index in [0.29, 0.717) is 28.6 Å². The zero-order chi connectivity index (χ0) is 24.7. The molecular weight excluding hydrogens is 476 g/mol. The molecule has 1 aromatic heterocycles. The number of amides is 1. The summed E-state index contributed by atoms with van der Waals surface area (Å²) in [5.74, 6) is 0.335. The van der Waals surface area contributed by atoms with Crippen molar-refractivity contribution in [2.45, 2.75) is 32.1 Å². The fourth-order valence-electron chi connectivity index (χ4n) is 3.60. The van der Waals surface area contributed by atoms with Gasteiger partial charge >= 0.3 is 0 Å². The predicted molar refractivity (Wildman–Crippen MR) is 131 cm³/mol. The fraction of sp³-hybridized carbons (Fsp3) is 0.333. The van der Waals surface area contributed by atoms with Crippen LogP contribution in [-0.2, 0) is 28.8 Å². The third-order valence-electron chi connectivity index (χ3n) is 5.28. The number of methoxy groups -OCH3 is 2. The lowest BCUT2D eigenvalue weighted by Crippen LogP contribution is -2.32. The van der Waals surface area contributed by atoms with Crippen LogP contribution in [0.25, 0.3) is 0 Å². The number of carbonyl (C=O) groups is 1. The molecule has 0 atom stereocenters. The van der Waals surface area contributed by atoms with Crippen LogP contribution in [0.3, 0.4) is 0 Å². The van der Waals surface area contributed by atoms with Gasteiger partial charge in [0.05, 0.1) is 26.5 Å². The number of benzene rings is 2. The number of rotatable bonds is 11. The summed E-state index contributed by atoms with van der Waals surface area (Å²) in [6.07, 6.45) is 1.54. The lowest BCUT2D eigenvalue weighted by atomic mass is 10.1. The lowest BCUT2D eigenvalue weighted by Gasteiger charge is -2.23. The number of ether oxygens (including phenoxy) is 2. The van der Waals surface area contributed by atoms with Crippen LogP contribution in [0, 0.1) is 6.92 Å². The molecule has 0 radical (unpaired) electrons. The van der Waals surface area contributed by atoms with Gasteiger partial charge in [-0.3, -0.25) is 9.35 Å². The second-order valence-corrected chi connectivity index (χ2v) is 10.2. The standard InChI is InChI=1S/C24H28N2O6S2/c1-17-21(31-2)12-19(13-22(17)32-3)24(27)26(11-7-10-18-8-5-4-6-9-18)14-23-25-20(15-33-23)16-34(28,29)30/h4-6,8-9,12-13,15H,7,10-11,14,16H2,1-3H3,(H,28,29,30). The molecule has 0 spiro atoms. The quantitative estimate of drug-likeness (QED) is 0.391. The number of hydrogen-bond donors (Lipinski definition) is 1. The topological polar surface area (TPSA) is 106 Å². The summed E-state index contributed by atoms with van der Waals surface area (Å²) < 4.78 is 42.3. The van der Waals surface area contributed by atoms with Crippen molar-refractivity contribution in [3.05, 3.63) is 75.2 Å². The summed E-state index contributed by atoms with van der Waals surface area (Å²) in [6, 6.07) is 13.4. The van der Waals surface area contributed by atoms with Crippen molar-refractivity contribution < 1.29 is 27.2 Å². The van der Waals surface area contributed by atoms with Crippen LogP contribution in [0.15, 0.2) is 47.8 Å². The summed E-state index contributed by atoms with van der Waals surface area (Å²) in [7, 11) is -1.10. The van der Waals surface area contributed by atoms with Gasteiger partial charge in [0.2, 0.25) is 0 Å². The highest BCUT2D eigenvalue weighted by atomic mass is 32.2. The third-order valence-corrected chi connectivity index (χ3v) is 6.82. The van der Waals surface area contributed by atoms with Crippen LogP contribution < -0.4 is 9.47 Å². The van der Waals surface area contributed by atoms with Crippen molar-refractivity contribution in [2.75, 3.05) is 20.8 Å². The highest BCUT2D eigenvalue weighted by Crippen LogP contribution is 2.30. The molecule has 3 rings (SSSR count). The molecule has 0 saturated heterocycles. The summed E-state index contributed by atoms with van der Waals surface area (Å²) in [5.41, 5.74) is 2.65. The van der Waals surface area contributed by atoms with E-state index < -0.39 is 15.9 Å². The summed E-state index contributed by atoms with van der Waals surface area (Å²) in [6.45, 7) is 2.54. The molecule has 0 aliphatic rings. The molecule has 1 amide bonds. The highest BCUT2D eigenvalue weighted by Gasteiger charge is 2.21. The van der Waals surface area contributed by atoms with Crippen LogP contribution in [-0.4, -0.2) is 49.5 Å². The van der Waals surface area contributed by atoms with Gasteiger partial charge in [0.15, 0.2) is 0 Å². The number of aromatic nitrogens is 1. The molecule has 0 bridgehead atoms. The Morgan fingerprint density at radius 2 is 1.76 bits per heavy atom. The summed E-state index contributed by atoms with van der Waals surface area (Å²) in [5, 5.41) is 2.16. The normalized spacial score (nSPS) is 11.3. The first-order chi connectivity index (χ1) is 16.2. The van der Waals surface area contributed by atoms with Crippen LogP contribution in [0.2, 0.25) is 0 Å². The number of thiazole rings is 1. The van der Waals surface area contributed by atoms with Gasteiger partial charge < -0.3 is 14.4 Å². The second kappa shape index (κ2) is 11.5. The first kappa shape index (κ1) is 25.7. The Kier molecular flexibility index (Phi) is 8.65. The van der Waals surface area contributed by atoms with Gasteiger partial charge in [0.25, 0.3) is 16.0 Å². The van der Waals surface area contributed by atoms with E-state index >= 15 is 0 Å². The van der Waals surface area contributed by atoms with E-state index in [0.717, 1.165) is 18.4 Å². The summed E-state index contributed by atoms with van der Waals surface area (Å²) >= 11 is 1.25. The highest BCUT2D eigenvalue weighted by molar-refractivity contribution is 7.85. The third kappa shape index (κ3) is 7.02. The van der Waals surface area contributed by atoms with Crippen LogP contribution in [0.1, 0.15) is 38.6 Å². The van der Waals surface area contributed by atoms with Gasteiger partial charge in [-0.1, -0.05) is 30.3 Å². The predicted octanol–water partition coefficient (Wildman–Crippen LogP) is 4.13. The van der Waals surface area contributed by atoms with Crippen molar-refractivity contribution in [1.29, 1.82) is 0 Å². The van der Waals surface area contributed by atoms with E-state index in [4.69, 9.17) is 14.0 Å². The minimum absolute atomic E-state index is 0.211. The number of hydrogen-bond acceptors (Lipinski definition) is 7. The molecule has 182 valence electrons. The smallest absolute Gasteiger partial charge is 0.270 e.